The highest BCUT2D eigenvalue weighted by molar-refractivity contribution is 7.85. The number of benzene rings is 3. The lowest BCUT2D eigenvalue weighted by molar-refractivity contribution is 0.592. The van der Waals surface area contributed by atoms with Crippen LogP contribution in [0, 0.1) is 0 Å². The van der Waals surface area contributed by atoms with E-state index in [4.69, 9.17) is 16.6 Å². The summed E-state index contributed by atoms with van der Waals surface area (Å²) in [4.78, 5) is 4.73. The predicted octanol–water partition coefficient (Wildman–Crippen LogP) is 5.10. The van der Waals surface area contributed by atoms with Gasteiger partial charge in [0.2, 0.25) is 0 Å². The SMILES string of the molecule is O=P(c1ccccc1)(c1ccccc1)c1nc(-c2ccccc2)sc1Cl. The molecule has 0 aliphatic carbocycles. The van der Waals surface area contributed by atoms with Gasteiger partial charge in [-0.2, -0.15) is 0 Å². The molecule has 0 aliphatic rings. The van der Waals surface area contributed by atoms with Gasteiger partial charge in [0.05, 0.1) is 0 Å². The highest BCUT2D eigenvalue weighted by Crippen LogP contribution is 2.46. The van der Waals surface area contributed by atoms with E-state index in [1.165, 1.54) is 11.3 Å². The topological polar surface area (TPSA) is 30.0 Å². The average molecular weight is 396 g/mol. The van der Waals surface area contributed by atoms with Crippen LogP contribution in [0.5, 0.6) is 0 Å². The van der Waals surface area contributed by atoms with Crippen LogP contribution in [0.4, 0.5) is 0 Å². The molecule has 4 aromatic rings. The lowest BCUT2D eigenvalue weighted by Gasteiger charge is -2.17. The minimum Gasteiger partial charge on any atom is -0.307 e. The Morgan fingerprint density at radius 1 is 0.731 bits per heavy atom. The highest BCUT2D eigenvalue weighted by atomic mass is 35.5. The van der Waals surface area contributed by atoms with Gasteiger partial charge in [0.15, 0.2) is 7.14 Å². The molecule has 128 valence electrons. The standard InChI is InChI=1S/C21H15ClNOPS/c22-19-20(23-21(26-19)16-10-4-1-5-11-16)25(24,17-12-6-2-7-13-17)18-14-8-3-9-15-18/h1-15H. The summed E-state index contributed by atoms with van der Waals surface area (Å²) in [6, 6.07) is 28.8. The van der Waals surface area contributed by atoms with Crippen molar-refractivity contribution in [3.05, 3.63) is 95.3 Å². The first-order chi connectivity index (χ1) is 12.7. The molecule has 0 spiro atoms. The molecule has 0 radical (unpaired) electrons. The summed E-state index contributed by atoms with van der Waals surface area (Å²) in [5, 5.41) is 2.24. The largest absolute Gasteiger partial charge is 0.307 e. The summed E-state index contributed by atoms with van der Waals surface area (Å²) < 4.78 is 14.8. The van der Waals surface area contributed by atoms with Crippen molar-refractivity contribution in [2.75, 3.05) is 0 Å². The molecular weight excluding hydrogens is 381 g/mol. The van der Waals surface area contributed by atoms with E-state index in [1.807, 2.05) is 91.0 Å². The number of thiazole rings is 1. The Hall–Kier alpha value is -2.19. The Balaban J connectivity index is 1.94. The van der Waals surface area contributed by atoms with Crippen molar-refractivity contribution in [2.24, 2.45) is 0 Å². The van der Waals surface area contributed by atoms with Crippen LogP contribution in [0.3, 0.4) is 0 Å². The summed E-state index contributed by atoms with van der Waals surface area (Å²) in [5.41, 5.74) is 1.43. The summed E-state index contributed by atoms with van der Waals surface area (Å²) >= 11 is 7.93. The lowest BCUT2D eigenvalue weighted by Crippen LogP contribution is -2.26. The zero-order chi connectivity index (χ0) is 18.0. The molecule has 1 aromatic heterocycles. The van der Waals surface area contributed by atoms with Gasteiger partial charge in [-0.3, -0.25) is 0 Å². The Morgan fingerprint density at radius 3 is 1.69 bits per heavy atom. The lowest BCUT2D eigenvalue weighted by atomic mass is 10.2. The van der Waals surface area contributed by atoms with Crippen LogP contribution < -0.4 is 16.0 Å². The third kappa shape index (κ3) is 3.03. The second-order valence-corrected chi connectivity index (χ2v) is 10.0. The van der Waals surface area contributed by atoms with Crippen molar-refractivity contribution < 1.29 is 4.57 Å². The zero-order valence-corrected chi connectivity index (χ0v) is 16.2. The van der Waals surface area contributed by atoms with Gasteiger partial charge in [0.25, 0.3) is 0 Å². The molecule has 4 rings (SSSR count). The van der Waals surface area contributed by atoms with Crippen LogP contribution in [0.15, 0.2) is 91.0 Å². The third-order valence-corrected chi connectivity index (χ3v) is 8.69. The minimum atomic E-state index is -3.15. The molecule has 2 nitrogen and oxygen atoms in total. The van der Waals surface area contributed by atoms with Crippen LogP contribution >= 0.6 is 30.1 Å². The van der Waals surface area contributed by atoms with Crippen LogP contribution in [-0.4, -0.2) is 4.98 Å². The van der Waals surface area contributed by atoms with E-state index in [1.54, 1.807) is 0 Å². The predicted molar refractivity (Wildman–Crippen MR) is 112 cm³/mol. The summed E-state index contributed by atoms with van der Waals surface area (Å²) in [5.74, 6) is 0. The van der Waals surface area contributed by atoms with Crippen LogP contribution in [0.1, 0.15) is 0 Å². The smallest absolute Gasteiger partial charge is 0.190 e. The van der Waals surface area contributed by atoms with E-state index in [-0.39, 0.29) is 0 Å². The molecule has 5 heteroatoms. The van der Waals surface area contributed by atoms with Crippen molar-refractivity contribution >= 4 is 46.1 Å². The third-order valence-electron chi connectivity index (χ3n) is 4.13. The second-order valence-electron chi connectivity index (χ2n) is 5.76. The monoisotopic (exact) mass is 395 g/mol. The molecule has 0 atom stereocenters. The Morgan fingerprint density at radius 2 is 1.19 bits per heavy atom. The minimum absolute atomic E-state index is 0.459. The second kappa shape index (κ2) is 7.20. The maximum absolute atomic E-state index is 14.3. The maximum Gasteiger partial charge on any atom is 0.190 e. The highest BCUT2D eigenvalue weighted by Gasteiger charge is 2.35. The number of nitrogens with zero attached hydrogens (tertiary/aromatic N) is 1. The van der Waals surface area contributed by atoms with E-state index in [0.29, 0.717) is 9.77 Å². The Labute approximate surface area is 161 Å². The van der Waals surface area contributed by atoms with Crippen molar-refractivity contribution in [1.29, 1.82) is 0 Å². The molecule has 0 N–H and O–H groups in total. The van der Waals surface area contributed by atoms with E-state index >= 15 is 0 Å². The molecule has 0 bridgehead atoms. The first-order valence-corrected chi connectivity index (χ1v) is 11.0. The maximum atomic E-state index is 14.3. The van der Waals surface area contributed by atoms with E-state index in [2.05, 4.69) is 0 Å². The first-order valence-electron chi connectivity index (χ1n) is 8.13. The van der Waals surface area contributed by atoms with Gasteiger partial charge < -0.3 is 4.57 Å². The van der Waals surface area contributed by atoms with Crippen molar-refractivity contribution in [3.8, 4) is 10.6 Å². The first kappa shape index (κ1) is 17.2. The van der Waals surface area contributed by atoms with E-state index < -0.39 is 7.14 Å². The van der Waals surface area contributed by atoms with Crippen molar-refractivity contribution in [2.45, 2.75) is 0 Å². The summed E-state index contributed by atoms with van der Waals surface area (Å²) in [7, 11) is -3.15. The fraction of sp³-hybridized carbons (Fsp3) is 0. The summed E-state index contributed by atoms with van der Waals surface area (Å²) in [6.07, 6.45) is 0. The normalized spacial score (nSPS) is 11.4. The van der Waals surface area contributed by atoms with Gasteiger partial charge in [-0.15, -0.1) is 11.3 Å². The fourth-order valence-electron chi connectivity index (χ4n) is 2.86. The van der Waals surface area contributed by atoms with Gasteiger partial charge >= 0.3 is 0 Å². The van der Waals surface area contributed by atoms with Crippen LogP contribution in [0.25, 0.3) is 10.6 Å². The number of hydrogen-bond donors (Lipinski definition) is 0. The molecule has 0 saturated heterocycles. The Kier molecular flexibility index (Phi) is 4.78. The molecular formula is C21H15ClNOPS. The molecule has 26 heavy (non-hydrogen) atoms. The van der Waals surface area contributed by atoms with Gasteiger partial charge in [0.1, 0.15) is 14.8 Å². The molecule has 0 fully saturated rings. The van der Waals surface area contributed by atoms with Gasteiger partial charge in [-0.1, -0.05) is 103 Å². The van der Waals surface area contributed by atoms with Crippen LogP contribution in [0.2, 0.25) is 4.34 Å². The molecule has 1 heterocycles. The molecule has 0 unspecified atom stereocenters. The van der Waals surface area contributed by atoms with Gasteiger partial charge in [0, 0.05) is 16.2 Å². The number of hydrogen-bond acceptors (Lipinski definition) is 3. The zero-order valence-electron chi connectivity index (χ0n) is 13.7. The van der Waals surface area contributed by atoms with Crippen molar-refractivity contribution in [1.82, 2.24) is 4.98 Å². The van der Waals surface area contributed by atoms with E-state index in [9.17, 15) is 4.57 Å². The molecule has 0 aliphatic heterocycles. The number of halogens is 1. The van der Waals surface area contributed by atoms with E-state index in [0.717, 1.165) is 21.2 Å². The summed E-state index contributed by atoms with van der Waals surface area (Å²) in [6.45, 7) is 0. The van der Waals surface area contributed by atoms with Crippen LogP contribution in [-0.2, 0) is 4.57 Å². The number of aromatic nitrogens is 1. The fourth-order valence-corrected chi connectivity index (χ4v) is 7.23. The average Bonchev–Trinajstić information content (AvgIpc) is 3.11. The molecule has 3 aromatic carbocycles. The number of rotatable bonds is 4. The molecule has 0 saturated carbocycles. The quantitative estimate of drug-likeness (QED) is 0.450. The molecule has 0 amide bonds. The van der Waals surface area contributed by atoms with Gasteiger partial charge in [-0.25, -0.2) is 4.98 Å². The Bertz CT molecular complexity index is 1020. The van der Waals surface area contributed by atoms with Gasteiger partial charge in [-0.05, 0) is 0 Å². The van der Waals surface area contributed by atoms with Crippen molar-refractivity contribution in [3.63, 3.8) is 0 Å².